The molecular weight excluding hydrogens is 290 g/mol. The van der Waals surface area contributed by atoms with Gasteiger partial charge in [0.25, 0.3) is 5.56 Å². The van der Waals surface area contributed by atoms with Crippen molar-refractivity contribution in [1.82, 2.24) is 14.5 Å². The highest BCUT2D eigenvalue weighted by atomic mass is 16.5. The van der Waals surface area contributed by atoms with Crippen LogP contribution in [0.3, 0.4) is 0 Å². The molecule has 0 saturated heterocycles. The van der Waals surface area contributed by atoms with Gasteiger partial charge in [-0.15, -0.1) is 0 Å². The largest absolute Gasteiger partial charge is 0.382 e. The van der Waals surface area contributed by atoms with E-state index in [0.717, 1.165) is 17.7 Å². The zero-order valence-electron chi connectivity index (χ0n) is 13.3. The van der Waals surface area contributed by atoms with E-state index in [0.29, 0.717) is 17.5 Å². The molecule has 0 saturated carbocycles. The molecule has 0 spiro atoms. The Kier molecular flexibility index (Phi) is 4.48. The van der Waals surface area contributed by atoms with Gasteiger partial charge in [-0.2, -0.15) is 0 Å². The Balaban J connectivity index is 2.17. The predicted octanol–water partition coefficient (Wildman–Crippen LogP) is 2.59. The summed E-state index contributed by atoms with van der Waals surface area (Å²) in [6, 6.07) is 11.2. The van der Waals surface area contributed by atoms with Gasteiger partial charge in [-0.05, 0) is 36.2 Å². The number of fused-ring (bicyclic) bond motifs is 1. The van der Waals surface area contributed by atoms with Crippen LogP contribution in [0.15, 0.2) is 53.7 Å². The van der Waals surface area contributed by atoms with Crippen LogP contribution in [-0.2, 0) is 11.2 Å². The monoisotopic (exact) mass is 309 g/mol. The molecule has 2 heterocycles. The van der Waals surface area contributed by atoms with Gasteiger partial charge < -0.3 is 4.74 Å². The van der Waals surface area contributed by atoms with E-state index < -0.39 is 0 Å². The minimum atomic E-state index is -0.295. The molecule has 0 N–H and O–H groups in total. The summed E-state index contributed by atoms with van der Waals surface area (Å²) >= 11 is 0. The first kappa shape index (κ1) is 15.4. The molecule has 1 aromatic carbocycles. The second-order valence-electron chi connectivity index (χ2n) is 5.39. The fraction of sp³-hybridized carbons (Fsp3) is 0.278. The molecule has 3 rings (SSSR count). The van der Waals surface area contributed by atoms with Crippen LogP contribution in [0.25, 0.3) is 10.9 Å². The number of rotatable bonds is 5. The van der Waals surface area contributed by atoms with Crippen LogP contribution in [0.1, 0.15) is 24.2 Å². The van der Waals surface area contributed by atoms with E-state index in [4.69, 9.17) is 4.74 Å². The van der Waals surface area contributed by atoms with Gasteiger partial charge in [0.05, 0.1) is 29.5 Å². The lowest BCUT2D eigenvalue weighted by atomic mass is 10.1. The highest BCUT2D eigenvalue weighted by Gasteiger charge is 2.18. The Morgan fingerprint density at radius 3 is 2.78 bits per heavy atom. The van der Waals surface area contributed by atoms with E-state index in [1.807, 2.05) is 36.4 Å². The minimum Gasteiger partial charge on any atom is -0.382 e. The SMILES string of the molecule is CCc1ccc2ncn([C@@H](COC)c3ccccn3)c(=O)c2c1. The van der Waals surface area contributed by atoms with Crippen molar-refractivity contribution < 1.29 is 4.74 Å². The third-order valence-corrected chi connectivity index (χ3v) is 3.94. The zero-order valence-corrected chi connectivity index (χ0v) is 13.3. The number of benzene rings is 1. The average Bonchev–Trinajstić information content (AvgIpc) is 2.61. The molecule has 0 aliphatic carbocycles. The van der Waals surface area contributed by atoms with Gasteiger partial charge in [-0.3, -0.25) is 14.3 Å². The van der Waals surface area contributed by atoms with Crippen molar-refractivity contribution in [2.75, 3.05) is 13.7 Å². The lowest BCUT2D eigenvalue weighted by Gasteiger charge is -2.18. The van der Waals surface area contributed by atoms with E-state index >= 15 is 0 Å². The van der Waals surface area contributed by atoms with Gasteiger partial charge in [0.2, 0.25) is 0 Å². The molecular formula is C18H19N3O2. The molecule has 5 nitrogen and oxygen atoms in total. The third kappa shape index (κ3) is 3.00. The molecule has 3 aromatic rings. The smallest absolute Gasteiger partial charge is 0.261 e. The summed E-state index contributed by atoms with van der Waals surface area (Å²) in [5.74, 6) is 0. The van der Waals surface area contributed by atoms with Gasteiger partial charge in [-0.1, -0.05) is 19.1 Å². The quantitative estimate of drug-likeness (QED) is 0.727. The lowest BCUT2D eigenvalue weighted by molar-refractivity contribution is 0.166. The summed E-state index contributed by atoms with van der Waals surface area (Å²) in [7, 11) is 1.62. The Morgan fingerprint density at radius 2 is 2.09 bits per heavy atom. The molecule has 5 heteroatoms. The normalized spacial score (nSPS) is 12.4. The van der Waals surface area contributed by atoms with E-state index in [1.165, 1.54) is 0 Å². The maximum atomic E-state index is 12.9. The van der Waals surface area contributed by atoms with Crippen LogP contribution in [-0.4, -0.2) is 28.3 Å². The Morgan fingerprint density at radius 1 is 1.22 bits per heavy atom. The first-order valence-corrected chi connectivity index (χ1v) is 7.64. The highest BCUT2D eigenvalue weighted by molar-refractivity contribution is 5.78. The first-order valence-electron chi connectivity index (χ1n) is 7.64. The van der Waals surface area contributed by atoms with Crippen molar-refractivity contribution in [3.8, 4) is 0 Å². The minimum absolute atomic E-state index is 0.0713. The molecule has 0 radical (unpaired) electrons. The maximum Gasteiger partial charge on any atom is 0.261 e. The topological polar surface area (TPSA) is 57.0 Å². The predicted molar refractivity (Wildman–Crippen MR) is 89.6 cm³/mol. The van der Waals surface area contributed by atoms with Crippen molar-refractivity contribution in [2.45, 2.75) is 19.4 Å². The summed E-state index contributed by atoms with van der Waals surface area (Å²) in [5.41, 5.74) is 2.54. The van der Waals surface area contributed by atoms with Crippen LogP contribution in [0.4, 0.5) is 0 Å². The van der Waals surface area contributed by atoms with Gasteiger partial charge in [0.15, 0.2) is 0 Å². The summed E-state index contributed by atoms with van der Waals surface area (Å²) in [6.45, 7) is 2.43. The van der Waals surface area contributed by atoms with Crippen LogP contribution in [0, 0.1) is 0 Å². The Bertz CT molecular complexity index is 859. The van der Waals surface area contributed by atoms with E-state index in [-0.39, 0.29) is 11.6 Å². The molecule has 2 aromatic heterocycles. The summed E-state index contributed by atoms with van der Waals surface area (Å²) in [6.07, 6.45) is 4.17. The molecule has 0 bridgehead atoms. The molecule has 0 fully saturated rings. The third-order valence-electron chi connectivity index (χ3n) is 3.94. The molecule has 118 valence electrons. The van der Waals surface area contributed by atoms with Crippen LogP contribution >= 0.6 is 0 Å². The van der Waals surface area contributed by atoms with Crippen LogP contribution in [0.5, 0.6) is 0 Å². The van der Waals surface area contributed by atoms with E-state index in [1.54, 1.807) is 24.2 Å². The number of aromatic nitrogens is 3. The number of nitrogens with zero attached hydrogens (tertiary/aromatic N) is 3. The Labute approximate surface area is 134 Å². The zero-order chi connectivity index (χ0) is 16.2. The number of ether oxygens (including phenoxy) is 1. The van der Waals surface area contributed by atoms with Gasteiger partial charge in [0.1, 0.15) is 6.04 Å². The number of hydrogen-bond donors (Lipinski definition) is 0. The molecule has 0 aliphatic heterocycles. The fourth-order valence-corrected chi connectivity index (χ4v) is 2.66. The lowest BCUT2D eigenvalue weighted by Crippen LogP contribution is -2.29. The molecule has 0 amide bonds. The number of methoxy groups -OCH3 is 1. The molecule has 23 heavy (non-hydrogen) atoms. The van der Waals surface area contributed by atoms with E-state index in [2.05, 4.69) is 16.9 Å². The molecule has 0 unspecified atom stereocenters. The van der Waals surface area contributed by atoms with Crippen molar-refractivity contribution in [1.29, 1.82) is 0 Å². The fourth-order valence-electron chi connectivity index (χ4n) is 2.66. The molecule has 1 atom stereocenters. The first-order chi connectivity index (χ1) is 11.2. The summed E-state index contributed by atoms with van der Waals surface area (Å²) in [5, 5.41) is 0.629. The number of aryl methyl sites for hydroxylation is 1. The summed E-state index contributed by atoms with van der Waals surface area (Å²) in [4.78, 5) is 21.7. The highest BCUT2D eigenvalue weighted by Crippen LogP contribution is 2.17. The molecule has 0 aliphatic rings. The maximum absolute atomic E-state index is 12.9. The number of hydrogen-bond acceptors (Lipinski definition) is 4. The van der Waals surface area contributed by atoms with Gasteiger partial charge >= 0.3 is 0 Å². The number of pyridine rings is 1. The average molecular weight is 309 g/mol. The van der Waals surface area contributed by atoms with Crippen LogP contribution < -0.4 is 5.56 Å². The van der Waals surface area contributed by atoms with E-state index in [9.17, 15) is 4.79 Å². The van der Waals surface area contributed by atoms with Gasteiger partial charge in [-0.25, -0.2) is 4.98 Å². The Hall–Kier alpha value is -2.53. The second-order valence-corrected chi connectivity index (χ2v) is 5.39. The standard InChI is InChI=1S/C18H19N3O2/c1-3-13-7-8-15-14(10-13)18(22)21(12-20-15)17(11-23-2)16-6-4-5-9-19-16/h4-10,12,17H,3,11H2,1-2H3/t17-/m0/s1. The second kappa shape index (κ2) is 6.71. The van der Waals surface area contributed by atoms with Crippen molar-refractivity contribution >= 4 is 10.9 Å². The van der Waals surface area contributed by atoms with Crippen molar-refractivity contribution in [3.05, 3.63) is 70.5 Å². The van der Waals surface area contributed by atoms with Crippen LogP contribution in [0.2, 0.25) is 0 Å². The van der Waals surface area contributed by atoms with Gasteiger partial charge in [0, 0.05) is 13.3 Å². The summed E-state index contributed by atoms with van der Waals surface area (Å²) < 4.78 is 6.90. The van der Waals surface area contributed by atoms with Crippen molar-refractivity contribution in [3.63, 3.8) is 0 Å². The van der Waals surface area contributed by atoms with Crippen molar-refractivity contribution in [2.24, 2.45) is 0 Å².